The smallest absolute Gasteiger partial charge is 0.405 e. The Kier molecular flexibility index (Phi) is 6.80. The van der Waals surface area contributed by atoms with E-state index in [-0.39, 0.29) is 24.0 Å². The van der Waals surface area contributed by atoms with Crippen molar-refractivity contribution in [2.24, 2.45) is 0 Å². The number of nitrogens with one attached hydrogen (secondary N) is 1. The maximum absolute atomic E-state index is 12.5. The van der Waals surface area contributed by atoms with Gasteiger partial charge in [0.2, 0.25) is 5.91 Å². The van der Waals surface area contributed by atoms with E-state index in [1.165, 1.54) is 25.1 Å². The van der Waals surface area contributed by atoms with Crippen LogP contribution in [0, 0.1) is 0 Å². The van der Waals surface area contributed by atoms with Gasteiger partial charge in [0.05, 0.1) is 6.04 Å². The molecule has 0 heterocycles. The van der Waals surface area contributed by atoms with Crippen LogP contribution in [0.1, 0.15) is 29.8 Å². The van der Waals surface area contributed by atoms with Crippen molar-refractivity contribution in [2.45, 2.75) is 32.8 Å². The van der Waals surface area contributed by atoms with Crippen LogP contribution in [0.25, 0.3) is 0 Å². The first-order valence-corrected chi connectivity index (χ1v) is 8.52. The van der Waals surface area contributed by atoms with Crippen molar-refractivity contribution < 1.29 is 27.5 Å². The lowest BCUT2D eigenvalue weighted by Gasteiger charge is -2.25. The fourth-order valence-electron chi connectivity index (χ4n) is 2.50. The van der Waals surface area contributed by atoms with E-state index in [4.69, 9.17) is 0 Å². The number of nitrogens with zero attached hydrogens (tertiary/aromatic N) is 1. The maximum Gasteiger partial charge on any atom is 0.573 e. The SMILES string of the molecule is CC(=O)c1ccc(NC(=O)C(C)N(C)Cc2ccccc2OC(F)(F)F)cc1. The number of halogens is 3. The molecule has 5 nitrogen and oxygen atoms in total. The number of likely N-dealkylation sites (N-methyl/N-ethyl adjacent to an activating group) is 1. The van der Waals surface area contributed by atoms with Crippen molar-refractivity contribution in [1.29, 1.82) is 0 Å². The van der Waals surface area contributed by atoms with Gasteiger partial charge in [-0.25, -0.2) is 0 Å². The molecule has 0 bridgehead atoms. The number of ketones is 1. The van der Waals surface area contributed by atoms with Crippen molar-refractivity contribution in [3.63, 3.8) is 0 Å². The van der Waals surface area contributed by atoms with Crippen molar-refractivity contribution >= 4 is 17.4 Å². The number of carbonyl (C=O) groups excluding carboxylic acids is 2. The zero-order chi connectivity index (χ0) is 20.9. The molecule has 0 fully saturated rings. The summed E-state index contributed by atoms with van der Waals surface area (Å²) in [5, 5.41) is 2.72. The van der Waals surface area contributed by atoms with Gasteiger partial charge in [-0.1, -0.05) is 18.2 Å². The summed E-state index contributed by atoms with van der Waals surface area (Å²) < 4.78 is 41.7. The van der Waals surface area contributed by atoms with Crippen LogP contribution in [0.3, 0.4) is 0 Å². The second kappa shape index (κ2) is 8.88. The number of benzene rings is 2. The minimum absolute atomic E-state index is 0.0780. The first-order chi connectivity index (χ1) is 13.1. The molecule has 1 amide bonds. The van der Waals surface area contributed by atoms with Gasteiger partial charge >= 0.3 is 6.36 Å². The third kappa shape index (κ3) is 6.09. The number of ether oxygens (including phenoxy) is 1. The molecule has 1 unspecified atom stereocenters. The Morgan fingerprint density at radius 3 is 2.29 bits per heavy atom. The van der Waals surface area contributed by atoms with Gasteiger partial charge in [-0.3, -0.25) is 14.5 Å². The molecular formula is C20H21F3N2O3. The molecule has 1 atom stereocenters. The third-order valence-corrected chi connectivity index (χ3v) is 4.22. The van der Waals surface area contributed by atoms with E-state index in [2.05, 4.69) is 10.1 Å². The van der Waals surface area contributed by atoms with Crippen molar-refractivity contribution in [3.05, 3.63) is 59.7 Å². The zero-order valence-electron chi connectivity index (χ0n) is 15.7. The fourth-order valence-corrected chi connectivity index (χ4v) is 2.50. The molecule has 28 heavy (non-hydrogen) atoms. The number of rotatable bonds is 7. The molecule has 1 N–H and O–H groups in total. The number of alkyl halides is 3. The van der Waals surface area contributed by atoms with Gasteiger partial charge in [-0.05, 0) is 51.2 Å². The van der Waals surface area contributed by atoms with E-state index in [0.29, 0.717) is 16.8 Å². The number of anilines is 1. The summed E-state index contributed by atoms with van der Waals surface area (Å²) in [7, 11) is 1.63. The van der Waals surface area contributed by atoms with Crippen molar-refractivity contribution in [2.75, 3.05) is 12.4 Å². The van der Waals surface area contributed by atoms with Crippen LogP contribution in [0.5, 0.6) is 5.75 Å². The molecule has 2 aromatic rings. The third-order valence-electron chi connectivity index (χ3n) is 4.22. The predicted octanol–water partition coefficient (Wildman–Crippen LogP) is 4.25. The molecule has 0 radical (unpaired) electrons. The number of hydrogen-bond donors (Lipinski definition) is 1. The first kappa shape index (κ1) is 21.4. The summed E-state index contributed by atoms with van der Waals surface area (Å²) >= 11 is 0. The quantitative estimate of drug-likeness (QED) is 0.714. The Balaban J connectivity index is 2.03. The summed E-state index contributed by atoms with van der Waals surface area (Å²) in [4.78, 5) is 25.3. The minimum atomic E-state index is -4.79. The van der Waals surface area contributed by atoms with Crippen LogP contribution in [0.4, 0.5) is 18.9 Å². The normalized spacial score (nSPS) is 12.5. The Morgan fingerprint density at radius 1 is 1.11 bits per heavy atom. The second-order valence-electron chi connectivity index (χ2n) is 6.37. The van der Waals surface area contributed by atoms with E-state index in [9.17, 15) is 22.8 Å². The van der Waals surface area contributed by atoms with E-state index < -0.39 is 12.4 Å². The molecule has 0 aliphatic heterocycles. The highest BCUT2D eigenvalue weighted by Crippen LogP contribution is 2.27. The molecule has 2 rings (SSSR count). The number of hydrogen-bond acceptors (Lipinski definition) is 4. The highest BCUT2D eigenvalue weighted by molar-refractivity contribution is 5.96. The molecular weight excluding hydrogens is 373 g/mol. The number of para-hydroxylation sites is 1. The van der Waals surface area contributed by atoms with Gasteiger partial charge in [-0.2, -0.15) is 0 Å². The van der Waals surface area contributed by atoms with Gasteiger partial charge < -0.3 is 10.1 Å². The first-order valence-electron chi connectivity index (χ1n) is 8.52. The molecule has 150 valence electrons. The standard InChI is InChI=1S/C20H21F3N2O3/c1-13(19(27)24-17-10-8-15(9-11-17)14(2)26)25(3)12-16-6-4-5-7-18(16)28-20(21,22)23/h4-11,13H,12H2,1-3H3,(H,24,27). The van der Waals surface area contributed by atoms with Crippen LogP contribution < -0.4 is 10.1 Å². The van der Waals surface area contributed by atoms with Crippen LogP contribution in [-0.4, -0.2) is 36.0 Å². The fraction of sp³-hybridized carbons (Fsp3) is 0.300. The average Bonchev–Trinajstić information content (AvgIpc) is 2.61. The largest absolute Gasteiger partial charge is 0.573 e. The number of amides is 1. The second-order valence-corrected chi connectivity index (χ2v) is 6.37. The summed E-state index contributed by atoms with van der Waals surface area (Å²) in [5.74, 6) is -0.702. The summed E-state index contributed by atoms with van der Waals surface area (Å²) in [6, 6.07) is 11.6. The highest BCUT2D eigenvalue weighted by Gasteiger charge is 2.32. The van der Waals surface area contributed by atoms with Gasteiger partial charge in [-0.15, -0.1) is 13.2 Å². The molecule has 0 aliphatic carbocycles. The lowest BCUT2D eigenvalue weighted by molar-refractivity contribution is -0.275. The van der Waals surface area contributed by atoms with Gasteiger partial charge in [0.1, 0.15) is 5.75 Å². The Bertz CT molecular complexity index is 835. The molecule has 0 aromatic heterocycles. The Labute approximate surface area is 161 Å². The van der Waals surface area contributed by atoms with E-state index in [0.717, 1.165) is 0 Å². The molecule has 0 saturated heterocycles. The Hall–Kier alpha value is -2.87. The zero-order valence-corrected chi connectivity index (χ0v) is 15.7. The van der Waals surface area contributed by atoms with Crippen LogP contribution in [0.15, 0.2) is 48.5 Å². The van der Waals surface area contributed by atoms with Crippen molar-refractivity contribution in [3.8, 4) is 5.75 Å². The van der Waals surface area contributed by atoms with Gasteiger partial charge in [0.15, 0.2) is 5.78 Å². The van der Waals surface area contributed by atoms with Crippen LogP contribution >= 0.6 is 0 Å². The summed E-state index contributed by atoms with van der Waals surface area (Å²) in [5.41, 5.74) is 1.37. The minimum Gasteiger partial charge on any atom is -0.405 e. The summed E-state index contributed by atoms with van der Waals surface area (Å²) in [6.45, 7) is 3.18. The summed E-state index contributed by atoms with van der Waals surface area (Å²) in [6.07, 6.45) is -4.79. The van der Waals surface area contributed by atoms with E-state index in [1.807, 2.05) is 0 Å². The van der Waals surface area contributed by atoms with Crippen molar-refractivity contribution in [1.82, 2.24) is 4.90 Å². The maximum atomic E-state index is 12.5. The topological polar surface area (TPSA) is 58.6 Å². The van der Waals surface area contributed by atoms with Gasteiger partial charge in [0.25, 0.3) is 0 Å². The number of Topliss-reactive ketones (excluding diaryl/α,β-unsaturated/α-hetero) is 1. The van der Waals surface area contributed by atoms with Gasteiger partial charge in [0, 0.05) is 23.4 Å². The van der Waals surface area contributed by atoms with E-state index in [1.54, 1.807) is 49.2 Å². The number of carbonyl (C=O) groups is 2. The molecule has 0 spiro atoms. The average molecular weight is 394 g/mol. The lowest BCUT2D eigenvalue weighted by atomic mass is 10.1. The monoisotopic (exact) mass is 394 g/mol. The van der Waals surface area contributed by atoms with E-state index >= 15 is 0 Å². The molecule has 2 aromatic carbocycles. The highest BCUT2D eigenvalue weighted by atomic mass is 19.4. The molecule has 0 saturated carbocycles. The Morgan fingerprint density at radius 2 is 1.71 bits per heavy atom. The lowest BCUT2D eigenvalue weighted by Crippen LogP contribution is -2.39. The van der Waals surface area contributed by atoms with Crippen LogP contribution in [0.2, 0.25) is 0 Å². The predicted molar refractivity (Wildman–Crippen MR) is 99.1 cm³/mol. The molecule has 0 aliphatic rings. The molecule has 8 heteroatoms. The van der Waals surface area contributed by atoms with Crippen LogP contribution in [-0.2, 0) is 11.3 Å².